The van der Waals surface area contributed by atoms with Crippen LogP contribution in [0.1, 0.15) is 39.0 Å². The minimum absolute atomic E-state index is 0.0761. The molecule has 3 aromatic rings. The van der Waals surface area contributed by atoms with Crippen LogP contribution in [0.25, 0.3) is 11.3 Å². The fourth-order valence-corrected chi connectivity index (χ4v) is 2.67. The molecule has 1 aliphatic carbocycles. The van der Waals surface area contributed by atoms with Crippen molar-refractivity contribution in [3.63, 3.8) is 0 Å². The first-order valence-corrected chi connectivity index (χ1v) is 9.02. The van der Waals surface area contributed by atoms with Crippen LogP contribution in [0, 0.1) is 17.1 Å². The Morgan fingerprint density at radius 3 is 2.39 bits per heavy atom. The van der Waals surface area contributed by atoms with Gasteiger partial charge in [-0.05, 0) is 12.1 Å². The lowest BCUT2D eigenvalue weighted by molar-refractivity contribution is 0.471. The minimum atomic E-state index is -0.528. The zero-order valence-corrected chi connectivity index (χ0v) is 15.7. The maximum absolute atomic E-state index is 13.7. The highest BCUT2D eigenvalue weighted by Gasteiger charge is 2.13. The van der Waals surface area contributed by atoms with E-state index in [0.29, 0.717) is 17.3 Å². The van der Waals surface area contributed by atoms with Crippen molar-refractivity contribution in [3.05, 3.63) is 48.7 Å². The number of rotatable bonds is 3. The lowest BCUT2D eigenvalue weighted by atomic mass is 10.1. The second kappa shape index (κ2) is 11.3. The van der Waals surface area contributed by atoms with Gasteiger partial charge >= 0.3 is 0 Å². The smallest absolute Gasteiger partial charge is 0.153 e. The maximum Gasteiger partial charge on any atom is 0.153 e. The van der Waals surface area contributed by atoms with Crippen molar-refractivity contribution in [1.29, 1.82) is 5.26 Å². The zero-order valence-electron chi connectivity index (χ0n) is 15.7. The number of nitrogens with one attached hydrogen (secondary N) is 2. The van der Waals surface area contributed by atoms with E-state index in [9.17, 15) is 9.50 Å². The summed E-state index contributed by atoms with van der Waals surface area (Å²) in [6.07, 6.45) is 12.1. The van der Waals surface area contributed by atoms with E-state index in [1.54, 1.807) is 24.5 Å². The third-order valence-corrected chi connectivity index (χ3v) is 3.91. The molecule has 0 amide bonds. The van der Waals surface area contributed by atoms with Gasteiger partial charge in [0.05, 0.1) is 23.5 Å². The molecule has 2 heterocycles. The van der Waals surface area contributed by atoms with Gasteiger partial charge in [-0.1, -0.05) is 38.2 Å². The molecule has 1 aromatic carbocycles. The molecule has 1 aliphatic rings. The predicted molar refractivity (Wildman–Crippen MR) is 105 cm³/mol. The van der Waals surface area contributed by atoms with E-state index in [4.69, 9.17) is 5.26 Å². The Labute approximate surface area is 163 Å². The molecule has 3 N–H and O–H groups in total. The van der Waals surface area contributed by atoms with Crippen LogP contribution in [-0.2, 0) is 0 Å². The summed E-state index contributed by atoms with van der Waals surface area (Å²) in [7, 11) is 0. The largest absolute Gasteiger partial charge is 0.507 e. The molecule has 0 spiro atoms. The summed E-state index contributed by atoms with van der Waals surface area (Å²) >= 11 is 0. The molecule has 0 aliphatic heterocycles. The Hall–Kier alpha value is -3.47. The van der Waals surface area contributed by atoms with Gasteiger partial charge in [-0.2, -0.15) is 10.4 Å². The molecule has 0 radical (unpaired) electrons. The van der Waals surface area contributed by atoms with E-state index < -0.39 is 5.82 Å². The van der Waals surface area contributed by atoms with Crippen LogP contribution < -0.4 is 5.32 Å². The van der Waals surface area contributed by atoms with Gasteiger partial charge < -0.3 is 10.4 Å². The van der Waals surface area contributed by atoms with Crippen molar-refractivity contribution in [1.82, 2.24) is 20.2 Å². The summed E-state index contributed by atoms with van der Waals surface area (Å²) in [6.45, 7) is 1.43. The number of aromatic amines is 1. The monoisotopic (exact) mass is 382 g/mol. The molecule has 0 saturated heterocycles. The molecule has 0 bridgehead atoms. The normalized spacial score (nSPS) is 12.0. The van der Waals surface area contributed by atoms with Crippen molar-refractivity contribution < 1.29 is 9.50 Å². The average Bonchev–Trinajstić information content (AvgIpc) is 3.39. The lowest BCUT2D eigenvalue weighted by Gasteiger charge is -2.02. The number of nitrogens with zero attached hydrogens (tertiary/aromatic N) is 4. The molecule has 146 valence electrons. The molecule has 1 fully saturated rings. The zero-order chi connectivity index (χ0) is 20.2. The van der Waals surface area contributed by atoms with Crippen LogP contribution in [-0.4, -0.2) is 25.3 Å². The van der Waals surface area contributed by atoms with Crippen molar-refractivity contribution >= 4 is 11.6 Å². The van der Waals surface area contributed by atoms with Crippen molar-refractivity contribution in [2.45, 2.75) is 39.0 Å². The Kier molecular flexibility index (Phi) is 8.40. The highest BCUT2D eigenvalue weighted by atomic mass is 19.1. The minimum Gasteiger partial charge on any atom is -0.507 e. The summed E-state index contributed by atoms with van der Waals surface area (Å²) in [5, 5.41) is 26.6. The van der Waals surface area contributed by atoms with Gasteiger partial charge in [0.15, 0.2) is 5.82 Å². The van der Waals surface area contributed by atoms with E-state index in [1.165, 1.54) is 63.4 Å². The van der Waals surface area contributed by atoms with Crippen LogP contribution in [0.2, 0.25) is 0 Å². The van der Waals surface area contributed by atoms with Crippen LogP contribution in [0.3, 0.4) is 0 Å². The van der Waals surface area contributed by atoms with E-state index in [-0.39, 0.29) is 11.3 Å². The van der Waals surface area contributed by atoms with Gasteiger partial charge in [0.25, 0.3) is 0 Å². The second-order valence-corrected chi connectivity index (χ2v) is 6.01. The number of halogens is 1. The highest BCUT2D eigenvalue weighted by molar-refractivity contribution is 5.70. The van der Waals surface area contributed by atoms with E-state index >= 15 is 0 Å². The molecule has 4 rings (SSSR count). The summed E-state index contributed by atoms with van der Waals surface area (Å²) in [5.74, 6) is 0.283. The highest BCUT2D eigenvalue weighted by Crippen LogP contribution is 2.31. The standard InChI is InChI=1S/C13H10FN5O.C5H10.C2H3N/c14-8-2-1-3-10(20)13(8)9-6-11(19-18-9)17-12-7-15-4-5-16-12;1-2-4-5-3-1;1-2-3/h1-7,20H,(H2,16,17,18,19);1-5H2;1H3. The molecular formula is C20H23FN6O. The number of hydrogen-bond acceptors (Lipinski definition) is 6. The van der Waals surface area contributed by atoms with Gasteiger partial charge in [-0.25, -0.2) is 9.37 Å². The third kappa shape index (κ3) is 6.36. The summed E-state index contributed by atoms with van der Waals surface area (Å²) < 4.78 is 13.7. The Morgan fingerprint density at radius 2 is 1.82 bits per heavy atom. The van der Waals surface area contributed by atoms with Crippen molar-refractivity contribution in [2.75, 3.05) is 5.32 Å². The van der Waals surface area contributed by atoms with E-state index in [0.717, 1.165) is 0 Å². The number of phenolic OH excluding ortho intramolecular Hbond substituents is 1. The summed E-state index contributed by atoms with van der Waals surface area (Å²) in [4.78, 5) is 7.95. The number of hydrogen-bond donors (Lipinski definition) is 3. The van der Waals surface area contributed by atoms with E-state index in [2.05, 4.69) is 25.5 Å². The second-order valence-electron chi connectivity index (χ2n) is 6.01. The Bertz CT molecular complexity index is 859. The first-order chi connectivity index (χ1) is 13.7. The first kappa shape index (κ1) is 20.8. The van der Waals surface area contributed by atoms with Crippen LogP contribution in [0.5, 0.6) is 5.75 Å². The quantitative estimate of drug-likeness (QED) is 0.592. The van der Waals surface area contributed by atoms with Gasteiger partial charge in [-0.3, -0.25) is 10.1 Å². The Morgan fingerprint density at radius 1 is 1.14 bits per heavy atom. The molecule has 28 heavy (non-hydrogen) atoms. The number of phenols is 1. The fraction of sp³-hybridized carbons (Fsp3) is 0.300. The molecular weight excluding hydrogens is 359 g/mol. The number of nitriles is 1. The van der Waals surface area contributed by atoms with Crippen molar-refractivity contribution in [2.24, 2.45) is 0 Å². The van der Waals surface area contributed by atoms with Gasteiger partial charge in [0.2, 0.25) is 0 Å². The molecule has 1 saturated carbocycles. The number of benzene rings is 1. The number of aromatic nitrogens is 4. The SMILES string of the molecule is C1CCCC1.CC#N.Oc1cccc(F)c1-c1cc(Nc2cnccn2)n[nH]1. The van der Waals surface area contributed by atoms with Crippen molar-refractivity contribution in [3.8, 4) is 23.1 Å². The summed E-state index contributed by atoms with van der Waals surface area (Å²) in [5.41, 5.74) is 0.444. The van der Waals surface area contributed by atoms with E-state index in [1.807, 2.05) is 0 Å². The molecule has 2 aromatic heterocycles. The average molecular weight is 382 g/mol. The third-order valence-electron chi connectivity index (χ3n) is 3.91. The molecule has 0 unspecified atom stereocenters. The fourth-order valence-electron chi connectivity index (χ4n) is 2.67. The molecule has 0 atom stereocenters. The van der Waals surface area contributed by atoms with Crippen LogP contribution in [0.4, 0.5) is 16.0 Å². The van der Waals surface area contributed by atoms with Gasteiger partial charge in [-0.15, -0.1) is 0 Å². The Balaban J connectivity index is 0.000000295. The lowest BCUT2D eigenvalue weighted by Crippen LogP contribution is -1.93. The van der Waals surface area contributed by atoms with Crippen LogP contribution >= 0.6 is 0 Å². The van der Waals surface area contributed by atoms with Gasteiger partial charge in [0, 0.05) is 25.4 Å². The summed E-state index contributed by atoms with van der Waals surface area (Å²) in [6, 6.07) is 7.44. The number of anilines is 2. The van der Waals surface area contributed by atoms with Gasteiger partial charge in [0.1, 0.15) is 17.4 Å². The predicted octanol–water partition coefficient (Wildman–Crippen LogP) is 4.94. The first-order valence-electron chi connectivity index (χ1n) is 9.02. The topological polar surface area (TPSA) is 111 Å². The maximum atomic E-state index is 13.7. The number of aromatic hydroxyl groups is 1. The molecule has 7 nitrogen and oxygen atoms in total. The molecule has 8 heteroatoms. The number of H-pyrrole nitrogens is 1. The van der Waals surface area contributed by atoms with Crippen LogP contribution in [0.15, 0.2) is 42.9 Å².